The van der Waals surface area contributed by atoms with Crippen LogP contribution >= 0.6 is 0 Å². The van der Waals surface area contributed by atoms with E-state index in [1.807, 2.05) is 0 Å². The highest BCUT2D eigenvalue weighted by molar-refractivity contribution is 5.40. The minimum atomic E-state index is -0.00792. The van der Waals surface area contributed by atoms with E-state index in [1.54, 1.807) is 0 Å². The van der Waals surface area contributed by atoms with Gasteiger partial charge in [-0.2, -0.15) is 0 Å². The Morgan fingerprint density at radius 2 is 1.16 bits per heavy atom. The van der Waals surface area contributed by atoms with E-state index < -0.39 is 0 Å². The molecular weight excluding hydrogens is 230 g/mol. The number of benzene rings is 2. The Morgan fingerprint density at radius 1 is 0.789 bits per heavy atom. The van der Waals surface area contributed by atoms with E-state index in [0.29, 0.717) is 6.04 Å². The smallest absolute Gasteiger partial charge is 0.0327 e. The highest BCUT2D eigenvalue weighted by Crippen LogP contribution is 2.36. The average Bonchev–Trinajstić information content (AvgIpc) is 2.47. The molecular formula is C18H23N. The fourth-order valence-electron chi connectivity index (χ4n) is 2.73. The topological polar surface area (TPSA) is 3.24 Å². The molecule has 0 saturated carbocycles. The normalized spacial score (nSPS) is 13.5. The van der Waals surface area contributed by atoms with Crippen molar-refractivity contribution < 1.29 is 0 Å². The Kier molecular flexibility index (Phi) is 4.06. The third-order valence-electron chi connectivity index (χ3n) is 4.36. The van der Waals surface area contributed by atoms with Gasteiger partial charge in [-0.1, -0.05) is 60.7 Å². The molecule has 0 fully saturated rings. The Labute approximate surface area is 116 Å². The molecule has 0 aromatic heterocycles. The second-order valence-corrected chi connectivity index (χ2v) is 5.57. The van der Waals surface area contributed by atoms with E-state index in [0.717, 1.165) is 0 Å². The van der Waals surface area contributed by atoms with E-state index in [9.17, 15) is 0 Å². The fraction of sp³-hybridized carbons (Fsp3) is 0.333. The molecule has 0 amide bonds. The van der Waals surface area contributed by atoms with Crippen molar-refractivity contribution in [2.45, 2.75) is 25.3 Å². The van der Waals surface area contributed by atoms with Crippen molar-refractivity contribution in [3.8, 4) is 0 Å². The first kappa shape index (κ1) is 13.8. The Morgan fingerprint density at radius 3 is 1.47 bits per heavy atom. The summed E-state index contributed by atoms with van der Waals surface area (Å²) in [5.41, 5.74) is 2.72. The molecule has 0 heterocycles. The van der Waals surface area contributed by atoms with E-state index in [2.05, 4.69) is 93.5 Å². The summed E-state index contributed by atoms with van der Waals surface area (Å²) in [7, 11) is 4.30. The summed E-state index contributed by atoms with van der Waals surface area (Å²) in [5, 5.41) is 0. The van der Waals surface area contributed by atoms with Crippen LogP contribution in [0, 0.1) is 0 Å². The lowest BCUT2D eigenvalue weighted by molar-refractivity contribution is 0.231. The molecule has 0 N–H and O–H groups in total. The Bertz CT molecular complexity index is 462. The van der Waals surface area contributed by atoms with Gasteiger partial charge in [0.1, 0.15) is 0 Å². The molecule has 19 heavy (non-hydrogen) atoms. The van der Waals surface area contributed by atoms with E-state index in [-0.39, 0.29) is 5.41 Å². The van der Waals surface area contributed by atoms with Crippen LogP contribution in [0.1, 0.15) is 25.0 Å². The van der Waals surface area contributed by atoms with Crippen LogP contribution in [0.3, 0.4) is 0 Å². The van der Waals surface area contributed by atoms with Crippen LogP contribution in [0.5, 0.6) is 0 Å². The van der Waals surface area contributed by atoms with Gasteiger partial charge in [0, 0.05) is 11.5 Å². The van der Waals surface area contributed by atoms with E-state index >= 15 is 0 Å². The van der Waals surface area contributed by atoms with Gasteiger partial charge in [0.25, 0.3) is 0 Å². The van der Waals surface area contributed by atoms with Crippen molar-refractivity contribution in [2.24, 2.45) is 0 Å². The monoisotopic (exact) mass is 253 g/mol. The maximum Gasteiger partial charge on any atom is 0.0327 e. The molecule has 2 aromatic carbocycles. The molecule has 2 aromatic rings. The van der Waals surface area contributed by atoms with Crippen LogP contribution in [-0.2, 0) is 5.41 Å². The van der Waals surface area contributed by atoms with Gasteiger partial charge in [-0.15, -0.1) is 0 Å². The van der Waals surface area contributed by atoms with Crippen molar-refractivity contribution in [1.82, 2.24) is 4.90 Å². The zero-order valence-corrected chi connectivity index (χ0v) is 12.3. The summed E-state index contributed by atoms with van der Waals surface area (Å²) < 4.78 is 0. The summed E-state index contributed by atoms with van der Waals surface area (Å²) >= 11 is 0. The number of nitrogens with zero attached hydrogens (tertiary/aromatic N) is 1. The first-order chi connectivity index (χ1) is 9.06. The summed E-state index contributed by atoms with van der Waals surface area (Å²) in [5.74, 6) is 0. The number of rotatable bonds is 4. The summed E-state index contributed by atoms with van der Waals surface area (Å²) in [6.45, 7) is 4.63. The lowest BCUT2D eigenvalue weighted by Gasteiger charge is -2.40. The highest BCUT2D eigenvalue weighted by atomic mass is 15.1. The van der Waals surface area contributed by atoms with Crippen LogP contribution < -0.4 is 0 Å². The first-order valence-corrected chi connectivity index (χ1v) is 6.84. The van der Waals surface area contributed by atoms with E-state index in [4.69, 9.17) is 0 Å². The standard InChI is InChI=1S/C18H23N/c1-15(19(3)4)18(2,16-11-7-5-8-12-16)17-13-9-6-10-14-17/h5-15H,1-4H3. The molecule has 0 radical (unpaired) electrons. The predicted octanol–water partition coefficient (Wildman–Crippen LogP) is 3.94. The van der Waals surface area contributed by atoms with Crippen LogP contribution in [0.15, 0.2) is 60.7 Å². The molecule has 0 saturated heterocycles. The number of likely N-dealkylation sites (N-methyl/N-ethyl adjacent to an activating group) is 1. The zero-order chi connectivity index (χ0) is 13.9. The molecule has 0 aliphatic heterocycles. The minimum Gasteiger partial charge on any atom is -0.306 e. The van der Waals surface area contributed by atoms with Crippen LogP contribution in [0.2, 0.25) is 0 Å². The van der Waals surface area contributed by atoms with Crippen molar-refractivity contribution in [3.63, 3.8) is 0 Å². The molecule has 0 bridgehead atoms. The maximum atomic E-state index is 2.34. The highest BCUT2D eigenvalue weighted by Gasteiger charge is 2.35. The molecule has 1 unspecified atom stereocenters. The van der Waals surface area contributed by atoms with Gasteiger partial charge >= 0.3 is 0 Å². The second-order valence-electron chi connectivity index (χ2n) is 5.57. The SMILES string of the molecule is CC(N(C)C)C(C)(c1ccccc1)c1ccccc1. The van der Waals surface area contributed by atoms with Crippen LogP contribution in [-0.4, -0.2) is 25.0 Å². The predicted molar refractivity (Wildman–Crippen MR) is 82.5 cm³/mol. The second kappa shape index (κ2) is 5.58. The molecule has 2 rings (SSSR count). The summed E-state index contributed by atoms with van der Waals surface area (Å²) in [6, 6.07) is 22.0. The van der Waals surface area contributed by atoms with Gasteiger partial charge in [0.2, 0.25) is 0 Å². The minimum absolute atomic E-state index is 0.00792. The van der Waals surface area contributed by atoms with Gasteiger partial charge in [-0.05, 0) is 39.1 Å². The quantitative estimate of drug-likeness (QED) is 0.797. The molecule has 0 aliphatic carbocycles. The largest absolute Gasteiger partial charge is 0.306 e. The van der Waals surface area contributed by atoms with Gasteiger partial charge in [-0.25, -0.2) is 0 Å². The maximum absolute atomic E-state index is 2.34. The third-order valence-corrected chi connectivity index (χ3v) is 4.36. The van der Waals surface area contributed by atoms with Crippen molar-refractivity contribution in [3.05, 3.63) is 71.8 Å². The molecule has 0 spiro atoms. The summed E-state index contributed by atoms with van der Waals surface area (Å²) in [6.07, 6.45) is 0. The average molecular weight is 253 g/mol. The van der Waals surface area contributed by atoms with E-state index in [1.165, 1.54) is 11.1 Å². The zero-order valence-electron chi connectivity index (χ0n) is 12.3. The van der Waals surface area contributed by atoms with Gasteiger partial charge < -0.3 is 4.90 Å². The first-order valence-electron chi connectivity index (χ1n) is 6.84. The third kappa shape index (κ3) is 2.57. The number of hydrogen-bond acceptors (Lipinski definition) is 1. The van der Waals surface area contributed by atoms with Gasteiger partial charge in [-0.3, -0.25) is 0 Å². The van der Waals surface area contributed by atoms with Crippen molar-refractivity contribution in [2.75, 3.05) is 14.1 Å². The molecule has 1 heteroatoms. The molecule has 0 aliphatic rings. The van der Waals surface area contributed by atoms with Crippen molar-refractivity contribution in [1.29, 1.82) is 0 Å². The van der Waals surface area contributed by atoms with Gasteiger partial charge in [0.05, 0.1) is 0 Å². The lowest BCUT2D eigenvalue weighted by atomic mass is 9.71. The molecule has 1 nitrogen and oxygen atoms in total. The lowest BCUT2D eigenvalue weighted by Crippen LogP contribution is -2.44. The Balaban J connectivity index is 2.57. The van der Waals surface area contributed by atoms with Gasteiger partial charge in [0.15, 0.2) is 0 Å². The molecule has 100 valence electrons. The Hall–Kier alpha value is -1.60. The van der Waals surface area contributed by atoms with Crippen LogP contribution in [0.4, 0.5) is 0 Å². The summed E-state index contributed by atoms with van der Waals surface area (Å²) in [4.78, 5) is 2.29. The molecule has 1 atom stereocenters. The number of hydrogen-bond donors (Lipinski definition) is 0. The van der Waals surface area contributed by atoms with Crippen LogP contribution in [0.25, 0.3) is 0 Å². The van der Waals surface area contributed by atoms with Crippen molar-refractivity contribution >= 4 is 0 Å². The fourth-order valence-corrected chi connectivity index (χ4v) is 2.73.